The van der Waals surface area contributed by atoms with Crippen molar-refractivity contribution in [1.82, 2.24) is 0 Å². The molecule has 0 aromatic rings. The van der Waals surface area contributed by atoms with Crippen molar-refractivity contribution in [3.8, 4) is 0 Å². The Bertz CT molecular complexity index is 215. The molecule has 6 nitrogen and oxygen atoms in total. The third kappa shape index (κ3) is 6.03. The van der Waals surface area contributed by atoms with E-state index in [9.17, 15) is 9.59 Å². The first-order chi connectivity index (χ1) is 7.01. The van der Waals surface area contributed by atoms with Crippen molar-refractivity contribution in [3.05, 3.63) is 0 Å². The number of esters is 2. The fraction of sp³-hybridized carbons (Fsp3) is 0.778. The van der Waals surface area contributed by atoms with Crippen LogP contribution in [0, 0.1) is 0 Å². The molecule has 6 heteroatoms. The van der Waals surface area contributed by atoms with Crippen molar-refractivity contribution in [2.24, 2.45) is 0 Å². The number of aliphatic hydroxyl groups is 2. The number of carbonyl (C=O) groups is 2. The number of ether oxygens (including phenoxy) is 2. The summed E-state index contributed by atoms with van der Waals surface area (Å²) < 4.78 is 9.29. The fourth-order valence-electron chi connectivity index (χ4n) is 0.822. The zero-order valence-electron chi connectivity index (χ0n) is 8.80. The Labute approximate surface area is 87.8 Å². The van der Waals surface area contributed by atoms with Crippen LogP contribution in [0.15, 0.2) is 0 Å². The van der Waals surface area contributed by atoms with E-state index in [0.29, 0.717) is 6.42 Å². The number of hydrogen-bond donors (Lipinski definition) is 2. The van der Waals surface area contributed by atoms with Crippen LogP contribution in [0.5, 0.6) is 0 Å². The maximum atomic E-state index is 11.2. The molecule has 0 fully saturated rings. The molecule has 0 aromatic carbocycles. The molecule has 0 aliphatic heterocycles. The van der Waals surface area contributed by atoms with Gasteiger partial charge in [0.25, 0.3) is 0 Å². The van der Waals surface area contributed by atoms with Crippen LogP contribution in [-0.4, -0.2) is 47.6 Å². The average molecular weight is 220 g/mol. The standard InChI is InChI=1S/C9H16O6/c1-3-8(15-6(2)11)9(13)14-5-7(12)4-10/h7-8,10,12H,3-5H2,1-2H3. The molecule has 2 N–H and O–H groups in total. The van der Waals surface area contributed by atoms with Gasteiger partial charge < -0.3 is 19.7 Å². The van der Waals surface area contributed by atoms with Gasteiger partial charge in [-0.25, -0.2) is 4.79 Å². The first-order valence-corrected chi connectivity index (χ1v) is 4.64. The van der Waals surface area contributed by atoms with E-state index < -0.39 is 30.8 Å². The molecule has 0 saturated heterocycles. The molecular weight excluding hydrogens is 204 g/mol. The molecule has 0 radical (unpaired) electrons. The highest BCUT2D eigenvalue weighted by molar-refractivity contribution is 5.78. The van der Waals surface area contributed by atoms with E-state index in [1.54, 1.807) is 6.92 Å². The molecule has 0 saturated carbocycles. The van der Waals surface area contributed by atoms with Crippen LogP contribution in [0.1, 0.15) is 20.3 Å². The quantitative estimate of drug-likeness (QED) is 0.571. The van der Waals surface area contributed by atoms with Gasteiger partial charge in [0.2, 0.25) is 0 Å². The van der Waals surface area contributed by atoms with Crippen molar-refractivity contribution in [1.29, 1.82) is 0 Å². The highest BCUT2D eigenvalue weighted by atomic mass is 16.6. The number of rotatable bonds is 6. The van der Waals surface area contributed by atoms with Gasteiger partial charge in [-0.15, -0.1) is 0 Å². The second-order valence-electron chi connectivity index (χ2n) is 2.97. The molecule has 15 heavy (non-hydrogen) atoms. The summed E-state index contributed by atoms with van der Waals surface area (Å²) in [6, 6.07) is 0. The van der Waals surface area contributed by atoms with Crippen molar-refractivity contribution in [3.63, 3.8) is 0 Å². The Balaban J connectivity index is 3.99. The highest BCUT2D eigenvalue weighted by Gasteiger charge is 2.21. The second-order valence-corrected chi connectivity index (χ2v) is 2.97. The molecule has 0 aromatic heterocycles. The summed E-state index contributed by atoms with van der Waals surface area (Å²) in [6.07, 6.45) is -1.76. The van der Waals surface area contributed by atoms with Gasteiger partial charge in [0.1, 0.15) is 12.7 Å². The third-order valence-corrected chi connectivity index (χ3v) is 1.57. The van der Waals surface area contributed by atoms with Gasteiger partial charge in [0.15, 0.2) is 6.10 Å². The third-order valence-electron chi connectivity index (χ3n) is 1.57. The van der Waals surface area contributed by atoms with Crippen LogP contribution in [0.4, 0.5) is 0 Å². The van der Waals surface area contributed by atoms with Crippen LogP contribution in [-0.2, 0) is 19.1 Å². The van der Waals surface area contributed by atoms with Crippen molar-refractivity contribution >= 4 is 11.9 Å². The van der Waals surface area contributed by atoms with Crippen molar-refractivity contribution in [2.75, 3.05) is 13.2 Å². The number of hydrogen-bond acceptors (Lipinski definition) is 6. The smallest absolute Gasteiger partial charge is 0.347 e. The molecule has 0 spiro atoms. The Hall–Kier alpha value is -1.14. The highest BCUT2D eigenvalue weighted by Crippen LogP contribution is 2.02. The number of aliphatic hydroxyl groups excluding tert-OH is 2. The fourth-order valence-corrected chi connectivity index (χ4v) is 0.822. The van der Waals surface area contributed by atoms with E-state index in [1.165, 1.54) is 6.92 Å². The molecule has 0 rings (SSSR count). The first-order valence-electron chi connectivity index (χ1n) is 4.64. The molecule has 2 atom stereocenters. The zero-order valence-corrected chi connectivity index (χ0v) is 8.80. The summed E-state index contributed by atoms with van der Waals surface area (Å²) in [4.78, 5) is 21.8. The molecule has 0 heterocycles. The van der Waals surface area contributed by atoms with Gasteiger partial charge in [-0.1, -0.05) is 6.92 Å². The van der Waals surface area contributed by atoms with E-state index in [1.807, 2.05) is 0 Å². The Kier molecular flexibility index (Phi) is 6.64. The summed E-state index contributed by atoms with van der Waals surface area (Å²) in [5, 5.41) is 17.4. The predicted octanol–water partition coefficient (Wildman–Crippen LogP) is -0.776. The summed E-state index contributed by atoms with van der Waals surface area (Å²) in [5.74, 6) is -1.29. The first kappa shape index (κ1) is 13.9. The Morgan fingerprint density at radius 1 is 1.40 bits per heavy atom. The topological polar surface area (TPSA) is 93.1 Å². The molecule has 0 amide bonds. The minimum absolute atomic E-state index is 0.299. The number of carbonyl (C=O) groups excluding carboxylic acids is 2. The summed E-state index contributed by atoms with van der Waals surface area (Å²) >= 11 is 0. The van der Waals surface area contributed by atoms with Crippen LogP contribution >= 0.6 is 0 Å². The summed E-state index contributed by atoms with van der Waals surface area (Å²) in [6.45, 7) is 2.06. The zero-order chi connectivity index (χ0) is 11.8. The van der Waals surface area contributed by atoms with E-state index in [-0.39, 0.29) is 6.61 Å². The maximum Gasteiger partial charge on any atom is 0.347 e. The minimum Gasteiger partial charge on any atom is -0.460 e. The normalized spacial score (nSPS) is 14.1. The lowest BCUT2D eigenvalue weighted by Crippen LogP contribution is -2.31. The largest absolute Gasteiger partial charge is 0.460 e. The maximum absolute atomic E-state index is 11.2. The summed E-state index contributed by atoms with van der Waals surface area (Å²) in [7, 11) is 0. The SMILES string of the molecule is CCC(OC(C)=O)C(=O)OCC(O)CO. The van der Waals surface area contributed by atoms with Gasteiger partial charge >= 0.3 is 11.9 Å². The Morgan fingerprint density at radius 2 is 2.00 bits per heavy atom. The van der Waals surface area contributed by atoms with Gasteiger partial charge in [0, 0.05) is 6.92 Å². The van der Waals surface area contributed by atoms with Crippen LogP contribution in [0.2, 0.25) is 0 Å². The average Bonchev–Trinajstić information content (AvgIpc) is 2.21. The van der Waals surface area contributed by atoms with Crippen molar-refractivity contribution in [2.45, 2.75) is 32.5 Å². The lowest BCUT2D eigenvalue weighted by Gasteiger charge is -2.15. The van der Waals surface area contributed by atoms with Gasteiger partial charge in [-0.05, 0) is 6.42 Å². The van der Waals surface area contributed by atoms with Gasteiger partial charge in [-0.3, -0.25) is 4.79 Å². The second kappa shape index (κ2) is 7.19. The molecular formula is C9H16O6. The molecule has 0 bridgehead atoms. The monoisotopic (exact) mass is 220 g/mol. The molecule has 2 unspecified atom stereocenters. The predicted molar refractivity (Wildman–Crippen MR) is 49.9 cm³/mol. The van der Waals surface area contributed by atoms with Crippen LogP contribution < -0.4 is 0 Å². The van der Waals surface area contributed by atoms with Crippen LogP contribution in [0.25, 0.3) is 0 Å². The lowest BCUT2D eigenvalue weighted by atomic mass is 10.3. The molecule has 0 aliphatic carbocycles. The Morgan fingerprint density at radius 3 is 2.40 bits per heavy atom. The van der Waals surface area contributed by atoms with Gasteiger partial charge in [0.05, 0.1) is 6.61 Å². The molecule has 0 aliphatic rings. The lowest BCUT2D eigenvalue weighted by molar-refractivity contribution is -0.169. The van der Waals surface area contributed by atoms with E-state index >= 15 is 0 Å². The minimum atomic E-state index is -1.11. The molecule has 88 valence electrons. The van der Waals surface area contributed by atoms with Gasteiger partial charge in [-0.2, -0.15) is 0 Å². The van der Waals surface area contributed by atoms with E-state index in [0.717, 1.165) is 0 Å². The van der Waals surface area contributed by atoms with Crippen molar-refractivity contribution < 1.29 is 29.3 Å². The van der Waals surface area contributed by atoms with E-state index in [2.05, 4.69) is 9.47 Å². The van der Waals surface area contributed by atoms with E-state index in [4.69, 9.17) is 10.2 Å². The van der Waals surface area contributed by atoms with Crippen LogP contribution in [0.3, 0.4) is 0 Å². The summed E-state index contributed by atoms with van der Waals surface area (Å²) in [5.41, 5.74) is 0.